The second-order valence-electron chi connectivity index (χ2n) is 5.35. The number of rotatable bonds is 5. The Labute approximate surface area is 120 Å². The van der Waals surface area contributed by atoms with E-state index >= 15 is 0 Å². The Bertz CT molecular complexity index is 454. The first-order valence-corrected chi connectivity index (χ1v) is 7.30. The molecule has 4 heteroatoms. The van der Waals surface area contributed by atoms with Gasteiger partial charge in [0.05, 0.1) is 6.61 Å². The van der Waals surface area contributed by atoms with Gasteiger partial charge in [0, 0.05) is 19.2 Å². The molecule has 0 bridgehead atoms. The third-order valence-electron chi connectivity index (χ3n) is 3.91. The summed E-state index contributed by atoms with van der Waals surface area (Å²) in [7, 11) is 1.63. The normalized spacial score (nSPS) is 16.1. The Morgan fingerprint density at radius 2 is 2.15 bits per heavy atom. The van der Waals surface area contributed by atoms with E-state index in [1.807, 2.05) is 6.92 Å². The summed E-state index contributed by atoms with van der Waals surface area (Å²) in [6.45, 7) is 5.20. The number of carbonyl (C=O) groups is 1. The van der Waals surface area contributed by atoms with Crippen molar-refractivity contribution in [2.45, 2.75) is 25.7 Å². The largest absolute Gasteiger partial charge is 0.383 e. The summed E-state index contributed by atoms with van der Waals surface area (Å²) in [5, 5.41) is 6.27. The number of ether oxygens (including phenoxy) is 1. The van der Waals surface area contributed by atoms with Crippen LogP contribution < -0.4 is 10.6 Å². The molecule has 20 heavy (non-hydrogen) atoms. The van der Waals surface area contributed by atoms with E-state index in [1.54, 1.807) is 7.11 Å². The zero-order valence-corrected chi connectivity index (χ0v) is 12.4. The van der Waals surface area contributed by atoms with Crippen molar-refractivity contribution in [3.8, 4) is 0 Å². The predicted octanol–water partition coefficient (Wildman–Crippen LogP) is 1.84. The van der Waals surface area contributed by atoms with Crippen LogP contribution in [0.2, 0.25) is 0 Å². The van der Waals surface area contributed by atoms with Crippen LogP contribution in [0.5, 0.6) is 0 Å². The monoisotopic (exact) mass is 276 g/mol. The molecule has 1 saturated heterocycles. The maximum Gasteiger partial charge on any atom is 0.251 e. The second kappa shape index (κ2) is 7.41. The Kier molecular flexibility index (Phi) is 5.56. The van der Waals surface area contributed by atoms with Gasteiger partial charge in [-0.1, -0.05) is 12.1 Å². The predicted molar refractivity (Wildman–Crippen MR) is 80.2 cm³/mol. The molecule has 2 N–H and O–H groups in total. The highest BCUT2D eigenvalue weighted by molar-refractivity contribution is 5.95. The Morgan fingerprint density at radius 3 is 2.85 bits per heavy atom. The standard InChI is InChI=1S/C16H24N2O2/c1-12-3-4-14(13-5-7-17-8-6-13)11-15(12)16(19)18-9-10-20-2/h3-4,11,13,17H,5-10H2,1-2H3,(H,18,19). The van der Waals surface area contributed by atoms with Gasteiger partial charge in [0.15, 0.2) is 0 Å². The van der Waals surface area contributed by atoms with Crippen LogP contribution in [0, 0.1) is 6.92 Å². The van der Waals surface area contributed by atoms with Gasteiger partial charge in [-0.25, -0.2) is 0 Å². The number of amides is 1. The van der Waals surface area contributed by atoms with Crippen molar-refractivity contribution in [1.82, 2.24) is 10.6 Å². The summed E-state index contributed by atoms with van der Waals surface area (Å²) < 4.78 is 4.96. The summed E-state index contributed by atoms with van der Waals surface area (Å²) >= 11 is 0. The van der Waals surface area contributed by atoms with Crippen LogP contribution in [0.1, 0.15) is 40.2 Å². The van der Waals surface area contributed by atoms with Crippen LogP contribution in [-0.4, -0.2) is 39.3 Å². The van der Waals surface area contributed by atoms with Gasteiger partial charge < -0.3 is 15.4 Å². The van der Waals surface area contributed by atoms with Crippen molar-refractivity contribution in [1.29, 1.82) is 0 Å². The fourth-order valence-corrected chi connectivity index (χ4v) is 2.66. The minimum atomic E-state index is -0.00432. The lowest BCUT2D eigenvalue weighted by atomic mass is 9.88. The highest BCUT2D eigenvalue weighted by Crippen LogP contribution is 2.26. The van der Waals surface area contributed by atoms with Gasteiger partial charge in [0.2, 0.25) is 0 Å². The SMILES string of the molecule is COCCNC(=O)c1cc(C2CCNCC2)ccc1C. The smallest absolute Gasteiger partial charge is 0.251 e. The molecule has 0 unspecified atom stereocenters. The van der Waals surface area contributed by atoms with E-state index in [9.17, 15) is 4.79 Å². The summed E-state index contributed by atoms with van der Waals surface area (Å²) in [4.78, 5) is 12.2. The average molecular weight is 276 g/mol. The number of benzene rings is 1. The molecule has 0 saturated carbocycles. The lowest BCUT2D eigenvalue weighted by Crippen LogP contribution is -2.28. The van der Waals surface area contributed by atoms with Crippen LogP contribution in [0.4, 0.5) is 0 Å². The summed E-state index contributed by atoms with van der Waals surface area (Å²) in [6, 6.07) is 6.29. The fraction of sp³-hybridized carbons (Fsp3) is 0.562. The van der Waals surface area contributed by atoms with Crippen molar-refractivity contribution < 1.29 is 9.53 Å². The van der Waals surface area contributed by atoms with E-state index < -0.39 is 0 Å². The molecule has 0 atom stereocenters. The fourth-order valence-electron chi connectivity index (χ4n) is 2.66. The molecule has 0 aliphatic carbocycles. The van der Waals surface area contributed by atoms with Crippen LogP contribution >= 0.6 is 0 Å². The van der Waals surface area contributed by atoms with E-state index in [2.05, 4.69) is 28.8 Å². The molecule has 0 spiro atoms. The van der Waals surface area contributed by atoms with E-state index in [1.165, 1.54) is 5.56 Å². The molecule has 0 aromatic heterocycles. The average Bonchev–Trinajstić information content (AvgIpc) is 2.49. The van der Waals surface area contributed by atoms with E-state index in [4.69, 9.17) is 4.74 Å². The van der Waals surface area contributed by atoms with E-state index in [0.717, 1.165) is 37.1 Å². The number of aryl methyl sites for hydroxylation is 1. The third kappa shape index (κ3) is 3.81. The van der Waals surface area contributed by atoms with Gasteiger partial charge >= 0.3 is 0 Å². The molecular weight excluding hydrogens is 252 g/mol. The number of hydrogen-bond donors (Lipinski definition) is 2. The number of carbonyl (C=O) groups excluding carboxylic acids is 1. The van der Waals surface area contributed by atoms with Crippen molar-refractivity contribution in [3.63, 3.8) is 0 Å². The maximum absolute atomic E-state index is 12.2. The minimum Gasteiger partial charge on any atom is -0.383 e. The van der Waals surface area contributed by atoms with E-state index in [-0.39, 0.29) is 5.91 Å². The van der Waals surface area contributed by atoms with Crippen LogP contribution in [-0.2, 0) is 4.74 Å². The lowest BCUT2D eigenvalue weighted by Gasteiger charge is -2.23. The van der Waals surface area contributed by atoms with Crippen molar-refractivity contribution in [2.75, 3.05) is 33.4 Å². The molecule has 1 aliphatic heterocycles. The number of hydrogen-bond acceptors (Lipinski definition) is 3. The first-order chi connectivity index (χ1) is 9.72. The molecule has 1 aliphatic rings. The molecule has 110 valence electrons. The van der Waals surface area contributed by atoms with Crippen LogP contribution in [0.3, 0.4) is 0 Å². The Balaban J connectivity index is 2.09. The van der Waals surface area contributed by atoms with Gasteiger partial charge in [-0.3, -0.25) is 4.79 Å². The van der Waals surface area contributed by atoms with Gasteiger partial charge in [0.25, 0.3) is 5.91 Å². The molecule has 1 fully saturated rings. The quantitative estimate of drug-likeness (QED) is 0.807. The molecule has 1 aromatic carbocycles. The zero-order valence-electron chi connectivity index (χ0n) is 12.4. The number of nitrogens with one attached hydrogen (secondary N) is 2. The first-order valence-electron chi connectivity index (χ1n) is 7.30. The molecule has 2 rings (SSSR count). The molecule has 1 heterocycles. The first kappa shape index (κ1) is 15.0. The Morgan fingerprint density at radius 1 is 1.40 bits per heavy atom. The zero-order chi connectivity index (χ0) is 14.4. The molecule has 0 radical (unpaired) electrons. The summed E-state index contributed by atoms with van der Waals surface area (Å²) in [6.07, 6.45) is 2.29. The lowest BCUT2D eigenvalue weighted by molar-refractivity contribution is 0.0936. The summed E-state index contributed by atoms with van der Waals surface area (Å²) in [5.74, 6) is 0.567. The van der Waals surface area contributed by atoms with Crippen molar-refractivity contribution >= 4 is 5.91 Å². The molecule has 1 amide bonds. The number of piperidine rings is 1. The van der Waals surface area contributed by atoms with Crippen molar-refractivity contribution in [2.24, 2.45) is 0 Å². The Hall–Kier alpha value is -1.39. The molecular formula is C16H24N2O2. The highest BCUT2D eigenvalue weighted by Gasteiger charge is 2.17. The third-order valence-corrected chi connectivity index (χ3v) is 3.91. The van der Waals surface area contributed by atoms with Crippen LogP contribution in [0.25, 0.3) is 0 Å². The number of methoxy groups -OCH3 is 1. The minimum absolute atomic E-state index is 0.00432. The van der Waals surface area contributed by atoms with Gasteiger partial charge in [-0.05, 0) is 56.0 Å². The molecule has 4 nitrogen and oxygen atoms in total. The van der Waals surface area contributed by atoms with Crippen molar-refractivity contribution in [3.05, 3.63) is 34.9 Å². The second-order valence-corrected chi connectivity index (χ2v) is 5.35. The highest BCUT2D eigenvalue weighted by atomic mass is 16.5. The van der Waals surface area contributed by atoms with Crippen LogP contribution in [0.15, 0.2) is 18.2 Å². The van der Waals surface area contributed by atoms with E-state index in [0.29, 0.717) is 19.1 Å². The van der Waals surface area contributed by atoms with Gasteiger partial charge in [-0.2, -0.15) is 0 Å². The van der Waals surface area contributed by atoms with Gasteiger partial charge in [-0.15, -0.1) is 0 Å². The maximum atomic E-state index is 12.2. The van der Waals surface area contributed by atoms with Gasteiger partial charge in [0.1, 0.15) is 0 Å². The topological polar surface area (TPSA) is 50.4 Å². The molecule has 1 aromatic rings. The summed E-state index contributed by atoms with van der Waals surface area (Å²) in [5.41, 5.74) is 3.10.